The molecule has 0 aliphatic carbocycles. The lowest BCUT2D eigenvalue weighted by Crippen LogP contribution is -2.22. The molecule has 0 aliphatic heterocycles. The van der Waals surface area contributed by atoms with Crippen LogP contribution >= 0.6 is 0 Å². The third kappa shape index (κ3) is 2.33. The Labute approximate surface area is 84.3 Å². The van der Waals surface area contributed by atoms with E-state index in [0.717, 1.165) is 12.3 Å². The van der Waals surface area contributed by atoms with Crippen LogP contribution in [0.5, 0.6) is 0 Å². The summed E-state index contributed by atoms with van der Waals surface area (Å²) in [4.78, 5) is 34.7. The summed E-state index contributed by atoms with van der Waals surface area (Å²) in [5, 5.41) is 12.3. The van der Waals surface area contributed by atoms with Crippen LogP contribution in [0.4, 0.5) is 5.69 Å². The largest absolute Gasteiger partial charge is 0.295 e. The Morgan fingerprint density at radius 1 is 1.67 bits per heavy atom. The van der Waals surface area contributed by atoms with Crippen LogP contribution < -0.4 is 5.32 Å². The van der Waals surface area contributed by atoms with E-state index in [0.29, 0.717) is 5.69 Å². The van der Waals surface area contributed by atoms with Crippen LogP contribution in [0.3, 0.4) is 0 Å². The van der Waals surface area contributed by atoms with Crippen molar-refractivity contribution in [2.24, 2.45) is 0 Å². The second-order valence-electron chi connectivity index (χ2n) is 2.67. The van der Waals surface area contributed by atoms with Crippen LogP contribution in [0, 0.1) is 17.0 Å². The van der Waals surface area contributed by atoms with Crippen LogP contribution in [0.2, 0.25) is 0 Å². The summed E-state index contributed by atoms with van der Waals surface area (Å²) in [5.74, 6) is -0.710. The number of carbonyl (C=O) groups excluding carboxylic acids is 2. The summed E-state index contributed by atoms with van der Waals surface area (Å²) in [7, 11) is 0. The van der Waals surface area contributed by atoms with Crippen molar-refractivity contribution in [1.82, 2.24) is 10.3 Å². The number of nitrogens with one attached hydrogen (secondary N) is 1. The lowest BCUT2D eigenvalue weighted by Gasteiger charge is -2.01. The maximum Gasteiger partial charge on any atom is 0.288 e. The zero-order valence-electron chi connectivity index (χ0n) is 7.76. The van der Waals surface area contributed by atoms with Gasteiger partial charge in [0.05, 0.1) is 16.2 Å². The molecule has 15 heavy (non-hydrogen) atoms. The van der Waals surface area contributed by atoms with Gasteiger partial charge in [-0.15, -0.1) is 0 Å². The standard InChI is InChI=1S/C8H7N3O4/c1-5-7(8(13)10-4-12)2-6(3-9-5)11(14)15/h2-4H,1H3,(H,10,12,13). The molecule has 0 aromatic carbocycles. The van der Waals surface area contributed by atoms with E-state index >= 15 is 0 Å². The Hall–Kier alpha value is -2.31. The number of rotatable bonds is 3. The van der Waals surface area contributed by atoms with Crippen LogP contribution in [-0.4, -0.2) is 22.2 Å². The molecule has 0 saturated heterocycles. The first-order valence-corrected chi connectivity index (χ1v) is 3.92. The minimum absolute atomic E-state index is 0.0105. The number of nitrogens with zero attached hydrogens (tertiary/aromatic N) is 2. The molecule has 1 heterocycles. The van der Waals surface area contributed by atoms with Crippen molar-refractivity contribution in [1.29, 1.82) is 0 Å². The SMILES string of the molecule is Cc1ncc([N+](=O)[O-])cc1C(=O)NC=O. The first-order chi connectivity index (χ1) is 7.06. The summed E-state index contributed by atoms with van der Waals surface area (Å²) >= 11 is 0. The average Bonchev–Trinajstić information content (AvgIpc) is 2.18. The molecule has 0 unspecified atom stereocenters. The summed E-state index contributed by atoms with van der Waals surface area (Å²) in [6, 6.07) is 1.07. The number of amides is 2. The number of aryl methyl sites for hydroxylation is 1. The van der Waals surface area contributed by atoms with E-state index in [4.69, 9.17) is 0 Å². The number of imide groups is 1. The van der Waals surface area contributed by atoms with Gasteiger partial charge >= 0.3 is 0 Å². The Balaban J connectivity index is 3.15. The molecule has 0 atom stereocenters. The highest BCUT2D eigenvalue weighted by Gasteiger charge is 2.15. The molecule has 0 spiro atoms. The van der Waals surface area contributed by atoms with Crippen molar-refractivity contribution >= 4 is 18.0 Å². The fourth-order valence-electron chi connectivity index (χ4n) is 0.983. The van der Waals surface area contributed by atoms with Crippen molar-refractivity contribution < 1.29 is 14.5 Å². The number of pyridine rings is 1. The Morgan fingerprint density at radius 3 is 2.87 bits per heavy atom. The van der Waals surface area contributed by atoms with Gasteiger partial charge in [-0.25, -0.2) is 0 Å². The lowest BCUT2D eigenvalue weighted by molar-refractivity contribution is -0.385. The van der Waals surface area contributed by atoms with E-state index in [-0.39, 0.29) is 17.7 Å². The van der Waals surface area contributed by atoms with Gasteiger partial charge in [-0.05, 0) is 6.92 Å². The molecule has 7 nitrogen and oxygen atoms in total. The van der Waals surface area contributed by atoms with Gasteiger partial charge in [0.1, 0.15) is 6.20 Å². The monoisotopic (exact) mass is 209 g/mol. The second kappa shape index (κ2) is 4.27. The summed E-state index contributed by atoms with van der Waals surface area (Å²) in [5.41, 5.74) is 0.0351. The number of carbonyl (C=O) groups is 2. The number of hydrogen-bond acceptors (Lipinski definition) is 5. The first-order valence-electron chi connectivity index (χ1n) is 3.92. The molecule has 0 fully saturated rings. The van der Waals surface area contributed by atoms with Gasteiger partial charge in [-0.1, -0.05) is 0 Å². The molecule has 0 radical (unpaired) electrons. The van der Waals surface area contributed by atoms with Crippen molar-refractivity contribution in [3.63, 3.8) is 0 Å². The highest BCUT2D eigenvalue weighted by molar-refractivity contribution is 6.00. The molecule has 2 amide bonds. The molecular formula is C8H7N3O4. The normalized spacial score (nSPS) is 9.40. The second-order valence-corrected chi connectivity index (χ2v) is 2.67. The molecule has 0 saturated carbocycles. The average molecular weight is 209 g/mol. The topological polar surface area (TPSA) is 102 Å². The maximum absolute atomic E-state index is 11.2. The smallest absolute Gasteiger partial charge is 0.288 e. The zero-order valence-corrected chi connectivity index (χ0v) is 7.76. The van der Waals surface area contributed by atoms with Gasteiger partial charge in [-0.2, -0.15) is 0 Å². The van der Waals surface area contributed by atoms with Gasteiger partial charge < -0.3 is 0 Å². The van der Waals surface area contributed by atoms with E-state index < -0.39 is 10.8 Å². The van der Waals surface area contributed by atoms with Crippen molar-refractivity contribution in [2.75, 3.05) is 0 Å². The number of hydrogen-bond donors (Lipinski definition) is 1. The highest BCUT2D eigenvalue weighted by atomic mass is 16.6. The van der Waals surface area contributed by atoms with Crippen LogP contribution in [0.15, 0.2) is 12.3 Å². The van der Waals surface area contributed by atoms with Crippen molar-refractivity contribution in [3.8, 4) is 0 Å². The van der Waals surface area contributed by atoms with E-state index in [9.17, 15) is 19.7 Å². The minimum Gasteiger partial charge on any atom is -0.295 e. The third-order valence-corrected chi connectivity index (χ3v) is 1.72. The molecule has 7 heteroatoms. The van der Waals surface area contributed by atoms with E-state index in [1.54, 1.807) is 0 Å². The van der Waals surface area contributed by atoms with Gasteiger partial charge in [-0.3, -0.25) is 30.0 Å². The van der Waals surface area contributed by atoms with E-state index in [1.165, 1.54) is 6.92 Å². The summed E-state index contributed by atoms with van der Waals surface area (Å²) in [6.07, 6.45) is 1.26. The Kier molecular flexibility index (Phi) is 3.06. The summed E-state index contributed by atoms with van der Waals surface area (Å²) < 4.78 is 0. The van der Waals surface area contributed by atoms with Crippen LogP contribution in [0.25, 0.3) is 0 Å². The molecule has 1 N–H and O–H groups in total. The Morgan fingerprint density at radius 2 is 2.33 bits per heavy atom. The molecule has 0 bridgehead atoms. The molecule has 1 rings (SSSR count). The minimum atomic E-state index is -0.710. The predicted molar refractivity (Wildman–Crippen MR) is 49.2 cm³/mol. The van der Waals surface area contributed by atoms with Crippen molar-refractivity contribution in [3.05, 3.63) is 33.6 Å². The fraction of sp³-hybridized carbons (Fsp3) is 0.125. The molecule has 78 valence electrons. The summed E-state index contributed by atoms with van der Waals surface area (Å²) in [6.45, 7) is 1.52. The first kappa shape index (κ1) is 10.8. The fourth-order valence-corrected chi connectivity index (χ4v) is 0.983. The van der Waals surface area contributed by atoms with Crippen LogP contribution in [-0.2, 0) is 4.79 Å². The third-order valence-electron chi connectivity index (χ3n) is 1.72. The molecule has 1 aromatic heterocycles. The van der Waals surface area contributed by atoms with Crippen molar-refractivity contribution in [2.45, 2.75) is 6.92 Å². The molecular weight excluding hydrogens is 202 g/mol. The number of nitro groups is 1. The number of aromatic nitrogens is 1. The van der Waals surface area contributed by atoms with Gasteiger partial charge in [0, 0.05) is 6.07 Å². The van der Waals surface area contributed by atoms with Gasteiger partial charge in [0.25, 0.3) is 11.6 Å². The van der Waals surface area contributed by atoms with Gasteiger partial charge in [0.2, 0.25) is 6.41 Å². The van der Waals surface area contributed by atoms with E-state index in [2.05, 4.69) is 4.98 Å². The Bertz CT molecular complexity index is 430. The van der Waals surface area contributed by atoms with Crippen LogP contribution in [0.1, 0.15) is 16.1 Å². The molecule has 1 aromatic rings. The maximum atomic E-state index is 11.2. The molecule has 0 aliphatic rings. The van der Waals surface area contributed by atoms with Gasteiger partial charge in [0.15, 0.2) is 0 Å². The predicted octanol–water partition coefficient (Wildman–Crippen LogP) is 0.184. The van der Waals surface area contributed by atoms with E-state index in [1.807, 2.05) is 5.32 Å². The highest BCUT2D eigenvalue weighted by Crippen LogP contribution is 2.14. The quantitative estimate of drug-likeness (QED) is 0.434. The lowest BCUT2D eigenvalue weighted by atomic mass is 10.2. The zero-order chi connectivity index (χ0) is 11.4.